The topological polar surface area (TPSA) is 58.6 Å². The molecule has 0 aromatic heterocycles. The highest BCUT2D eigenvalue weighted by molar-refractivity contribution is 5.98. The van der Waals surface area contributed by atoms with Crippen molar-refractivity contribution in [2.45, 2.75) is 19.7 Å². The van der Waals surface area contributed by atoms with E-state index in [1.807, 2.05) is 0 Å². The molecule has 2 amide bonds. The minimum atomic E-state index is -4.65. The molecule has 10 heteroatoms. The van der Waals surface area contributed by atoms with Gasteiger partial charge < -0.3 is 15.0 Å². The zero-order chi connectivity index (χ0) is 23.0. The molecule has 0 heterocycles. The number of carbonyl (C=O) groups is 2. The third kappa shape index (κ3) is 7.09. The molecule has 2 aromatic carbocycles. The Bertz CT molecular complexity index is 945. The molecule has 0 saturated heterocycles. The minimum Gasteiger partial charge on any atom is -0.434 e. The van der Waals surface area contributed by atoms with Crippen molar-refractivity contribution in [3.63, 3.8) is 0 Å². The SMILES string of the molecule is CCN(CC(=O)Nc1ccccc1C(F)(F)F)C(=O)/C=C/c1ccccc1OC(F)F. The van der Waals surface area contributed by atoms with E-state index in [0.29, 0.717) is 0 Å². The molecule has 31 heavy (non-hydrogen) atoms. The Balaban J connectivity index is 2.08. The number of ether oxygens (including phenoxy) is 1. The van der Waals surface area contributed by atoms with Gasteiger partial charge in [-0.3, -0.25) is 9.59 Å². The van der Waals surface area contributed by atoms with Gasteiger partial charge in [-0.25, -0.2) is 0 Å². The number of hydrogen-bond donors (Lipinski definition) is 1. The van der Waals surface area contributed by atoms with Gasteiger partial charge in [0.15, 0.2) is 0 Å². The van der Waals surface area contributed by atoms with Crippen molar-refractivity contribution in [1.29, 1.82) is 0 Å². The van der Waals surface area contributed by atoms with Gasteiger partial charge in [-0.1, -0.05) is 30.3 Å². The second-order valence-electron chi connectivity index (χ2n) is 6.19. The third-order valence-corrected chi connectivity index (χ3v) is 4.07. The van der Waals surface area contributed by atoms with Crippen LogP contribution in [0.5, 0.6) is 5.75 Å². The van der Waals surface area contributed by atoms with Crippen LogP contribution in [0.1, 0.15) is 18.1 Å². The number of alkyl halides is 5. The molecule has 0 saturated carbocycles. The number of rotatable bonds is 8. The zero-order valence-corrected chi connectivity index (χ0v) is 16.3. The first-order valence-corrected chi connectivity index (χ1v) is 9.08. The van der Waals surface area contributed by atoms with E-state index < -0.39 is 42.4 Å². The minimum absolute atomic E-state index is 0.0900. The first-order chi connectivity index (χ1) is 14.6. The van der Waals surface area contributed by atoms with Gasteiger partial charge in [-0.2, -0.15) is 22.0 Å². The Hall–Kier alpha value is -3.43. The van der Waals surface area contributed by atoms with Crippen molar-refractivity contribution in [3.05, 3.63) is 65.7 Å². The highest BCUT2D eigenvalue weighted by atomic mass is 19.4. The van der Waals surface area contributed by atoms with Crippen molar-refractivity contribution in [3.8, 4) is 5.75 Å². The number of likely N-dealkylation sites (N-methyl/N-ethyl adjacent to an activating group) is 1. The molecule has 0 radical (unpaired) electrons. The van der Waals surface area contributed by atoms with Crippen molar-refractivity contribution in [2.24, 2.45) is 0 Å². The molecular formula is C21H19F5N2O3. The van der Waals surface area contributed by atoms with Crippen LogP contribution >= 0.6 is 0 Å². The van der Waals surface area contributed by atoms with E-state index in [1.54, 1.807) is 13.0 Å². The summed E-state index contributed by atoms with van der Waals surface area (Å²) in [5, 5.41) is 2.16. The first kappa shape index (κ1) is 23.8. The number of benzene rings is 2. The van der Waals surface area contributed by atoms with Crippen molar-refractivity contribution < 1.29 is 36.3 Å². The third-order valence-electron chi connectivity index (χ3n) is 4.07. The Kier molecular flexibility index (Phi) is 8.12. The summed E-state index contributed by atoms with van der Waals surface area (Å²) in [6.07, 6.45) is -2.34. The Labute approximate surface area is 175 Å². The van der Waals surface area contributed by atoms with Crippen LogP contribution in [0, 0.1) is 0 Å². The summed E-state index contributed by atoms with van der Waals surface area (Å²) in [7, 11) is 0. The molecule has 2 rings (SSSR count). The smallest absolute Gasteiger partial charge is 0.418 e. The molecule has 0 aliphatic rings. The maximum atomic E-state index is 13.0. The number of nitrogens with one attached hydrogen (secondary N) is 1. The van der Waals surface area contributed by atoms with Crippen molar-refractivity contribution in [1.82, 2.24) is 4.90 Å². The molecule has 0 aliphatic heterocycles. The van der Waals surface area contributed by atoms with E-state index in [1.165, 1.54) is 36.4 Å². The summed E-state index contributed by atoms with van der Waals surface area (Å²) < 4.78 is 68.4. The van der Waals surface area contributed by atoms with Crippen LogP contribution in [0.3, 0.4) is 0 Å². The summed E-state index contributed by atoms with van der Waals surface area (Å²) in [6.45, 7) is -1.87. The highest BCUT2D eigenvalue weighted by Gasteiger charge is 2.33. The summed E-state index contributed by atoms with van der Waals surface area (Å²) in [5.74, 6) is -1.58. The summed E-state index contributed by atoms with van der Waals surface area (Å²) in [5.41, 5.74) is -1.21. The van der Waals surface area contributed by atoms with Crippen LogP contribution in [0.4, 0.5) is 27.6 Å². The molecule has 5 nitrogen and oxygen atoms in total. The molecule has 166 valence electrons. The number of carbonyl (C=O) groups excluding carboxylic acids is 2. The highest BCUT2D eigenvalue weighted by Crippen LogP contribution is 2.34. The second kappa shape index (κ2) is 10.6. The Morgan fingerprint density at radius 3 is 2.39 bits per heavy atom. The van der Waals surface area contributed by atoms with Gasteiger partial charge in [-0.15, -0.1) is 0 Å². The molecule has 0 fully saturated rings. The molecule has 2 aromatic rings. The van der Waals surface area contributed by atoms with Crippen molar-refractivity contribution >= 4 is 23.6 Å². The van der Waals surface area contributed by atoms with Crippen LogP contribution in [-0.2, 0) is 15.8 Å². The van der Waals surface area contributed by atoms with E-state index in [4.69, 9.17) is 0 Å². The predicted octanol–water partition coefficient (Wildman–Crippen LogP) is 4.81. The molecular weight excluding hydrogens is 423 g/mol. The van der Waals surface area contributed by atoms with Gasteiger partial charge in [-0.05, 0) is 31.2 Å². The maximum Gasteiger partial charge on any atom is 0.418 e. The van der Waals surface area contributed by atoms with Gasteiger partial charge in [0, 0.05) is 18.2 Å². The lowest BCUT2D eigenvalue weighted by Gasteiger charge is -2.20. The number of nitrogens with zero attached hydrogens (tertiary/aromatic N) is 1. The molecule has 0 unspecified atom stereocenters. The molecule has 0 bridgehead atoms. The number of para-hydroxylation sites is 2. The average molecular weight is 442 g/mol. The van der Waals surface area contributed by atoms with Crippen LogP contribution < -0.4 is 10.1 Å². The largest absolute Gasteiger partial charge is 0.434 e. The number of hydrogen-bond acceptors (Lipinski definition) is 3. The standard InChI is InChI=1S/C21H19F5N2O3/c1-2-28(13-18(29)27-16-9-5-4-8-15(16)21(24,25)26)19(30)12-11-14-7-3-6-10-17(14)31-20(22)23/h3-12,20H,2,13H2,1H3,(H,27,29)/b12-11+. The summed E-state index contributed by atoms with van der Waals surface area (Å²) in [6, 6.07) is 10.3. The normalized spacial score (nSPS) is 11.6. The fourth-order valence-electron chi connectivity index (χ4n) is 2.64. The number of halogens is 5. The van der Waals surface area contributed by atoms with Gasteiger partial charge in [0.1, 0.15) is 12.3 Å². The maximum absolute atomic E-state index is 13.0. The second-order valence-corrected chi connectivity index (χ2v) is 6.19. The first-order valence-electron chi connectivity index (χ1n) is 9.08. The monoisotopic (exact) mass is 442 g/mol. The number of amides is 2. The average Bonchev–Trinajstić information content (AvgIpc) is 2.70. The van der Waals surface area contributed by atoms with E-state index in [2.05, 4.69) is 10.1 Å². The summed E-state index contributed by atoms with van der Waals surface area (Å²) >= 11 is 0. The fraction of sp³-hybridized carbons (Fsp3) is 0.238. The lowest BCUT2D eigenvalue weighted by molar-refractivity contribution is -0.137. The van der Waals surface area contributed by atoms with Gasteiger partial charge >= 0.3 is 12.8 Å². The van der Waals surface area contributed by atoms with Gasteiger partial charge in [0.2, 0.25) is 11.8 Å². The van der Waals surface area contributed by atoms with Crippen LogP contribution in [0.25, 0.3) is 6.08 Å². The van der Waals surface area contributed by atoms with Gasteiger partial charge in [0.05, 0.1) is 11.3 Å². The van der Waals surface area contributed by atoms with E-state index >= 15 is 0 Å². The molecule has 0 spiro atoms. The quantitative estimate of drug-likeness (QED) is 0.472. The zero-order valence-electron chi connectivity index (χ0n) is 16.3. The van der Waals surface area contributed by atoms with Crippen LogP contribution in [0.15, 0.2) is 54.6 Å². The Morgan fingerprint density at radius 1 is 1.10 bits per heavy atom. The molecule has 1 N–H and O–H groups in total. The number of anilines is 1. The van der Waals surface area contributed by atoms with Crippen molar-refractivity contribution in [2.75, 3.05) is 18.4 Å². The molecule has 0 aliphatic carbocycles. The van der Waals surface area contributed by atoms with E-state index in [9.17, 15) is 31.5 Å². The van der Waals surface area contributed by atoms with E-state index in [0.717, 1.165) is 23.1 Å². The predicted molar refractivity (Wildman–Crippen MR) is 104 cm³/mol. The molecule has 0 atom stereocenters. The van der Waals surface area contributed by atoms with Gasteiger partial charge in [0.25, 0.3) is 0 Å². The Morgan fingerprint density at radius 2 is 1.74 bits per heavy atom. The van der Waals surface area contributed by atoms with Crippen LogP contribution in [0.2, 0.25) is 0 Å². The van der Waals surface area contributed by atoms with Crippen LogP contribution in [-0.4, -0.2) is 36.4 Å². The summed E-state index contributed by atoms with van der Waals surface area (Å²) in [4.78, 5) is 25.7. The lowest BCUT2D eigenvalue weighted by atomic mass is 10.1. The fourth-order valence-corrected chi connectivity index (χ4v) is 2.64. The lowest BCUT2D eigenvalue weighted by Crippen LogP contribution is -2.37. The van der Waals surface area contributed by atoms with E-state index in [-0.39, 0.29) is 17.9 Å².